The van der Waals surface area contributed by atoms with Gasteiger partial charge in [0.05, 0.1) is 4.11 Å². The molecule has 0 aromatic heterocycles. The maximum Gasteiger partial charge on any atom is 0.320 e. The normalized spacial score (nSPS) is 27.7. The summed E-state index contributed by atoms with van der Waals surface area (Å²) in [5.74, 6) is -2.13. The van der Waals surface area contributed by atoms with E-state index in [0.29, 0.717) is 11.3 Å². The molecule has 0 aliphatic carbocycles. The molecule has 4 N–H and O–H groups in total. The first kappa shape index (κ1) is 6.12. The van der Waals surface area contributed by atoms with Gasteiger partial charge in [-0.3, -0.25) is 4.79 Å². The largest absolute Gasteiger partial charge is 0.534 e. The Bertz CT molecular complexity index is 536. The first-order valence-corrected chi connectivity index (χ1v) is 4.47. The van der Waals surface area contributed by atoms with E-state index in [9.17, 15) is 4.79 Å². The number of carboxylic acids is 1. The molecule has 2 rings (SSSR count). The highest BCUT2D eigenvalue weighted by Gasteiger charge is 2.19. The zero-order valence-electron chi connectivity index (χ0n) is 11.9. The fraction of sp³-hybridized carbons (Fsp3) is 0.273. The van der Waals surface area contributed by atoms with Crippen molar-refractivity contribution in [2.75, 3.05) is 5.32 Å². The van der Waals surface area contributed by atoms with Crippen molar-refractivity contribution in [3.05, 3.63) is 36.3 Å². The van der Waals surface area contributed by atoms with E-state index >= 15 is 0 Å². The molecule has 0 saturated carbocycles. The second-order valence-electron chi connectivity index (χ2n) is 3.29. The van der Waals surface area contributed by atoms with E-state index in [1.54, 1.807) is 6.07 Å². The molecule has 0 radical (unpaired) electrons. The monoisotopic (exact) mass is 213 g/mol. The summed E-state index contributed by atoms with van der Waals surface area (Å²) in [6.07, 6.45) is -0.266. The van der Waals surface area contributed by atoms with Gasteiger partial charge in [0.15, 0.2) is 0 Å². The number of rotatable bonds is 3. The number of para-hydroxylation sites is 1. The van der Waals surface area contributed by atoms with Crippen molar-refractivity contribution < 1.29 is 15.4 Å². The summed E-state index contributed by atoms with van der Waals surface area (Å²) >= 11 is 0. The minimum absolute atomic E-state index is 0.00238. The van der Waals surface area contributed by atoms with Crippen molar-refractivity contribution in [1.82, 2.24) is 0 Å². The molecule has 15 heavy (non-hydrogen) atoms. The van der Waals surface area contributed by atoms with Gasteiger partial charge in [-0.2, -0.15) is 1.37 Å². The Balaban J connectivity index is 2.36. The number of hydrogen-bond acceptors (Lipinski definition) is 3. The van der Waals surface area contributed by atoms with Gasteiger partial charge in [0.1, 0.15) is 6.02 Å². The number of fused-ring (bicyclic) bond motifs is 1. The van der Waals surface area contributed by atoms with Gasteiger partial charge in [0.2, 0.25) is 0 Å². The van der Waals surface area contributed by atoms with Crippen molar-refractivity contribution in [2.45, 2.75) is 18.4 Å². The van der Waals surface area contributed by atoms with E-state index < -0.39 is 17.9 Å². The number of aliphatic carboxylic acids is 1. The third kappa shape index (κ3) is 1.94. The number of anilines is 1. The van der Waals surface area contributed by atoms with Gasteiger partial charge in [-0.05, 0) is 12.5 Å². The Morgan fingerprint density at radius 3 is 3.53 bits per heavy atom. The van der Waals surface area contributed by atoms with Crippen LogP contribution in [-0.4, -0.2) is 17.1 Å². The van der Waals surface area contributed by atoms with E-state index in [1.807, 2.05) is 0 Å². The maximum atomic E-state index is 10.9. The van der Waals surface area contributed by atoms with Crippen LogP contribution in [0, 0.1) is 6.52 Å². The van der Waals surface area contributed by atoms with Crippen LogP contribution in [0.2, 0.25) is 0 Å². The van der Waals surface area contributed by atoms with Gasteiger partial charge in [0.25, 0.3) is 0 Å². The third-order valence-corrected chi connectivity index (χ3v) is 2.28. The van der Waals surface area contributed by atoms with Gasteiger partial charge in [-0.25, -0.2) is 6.52 Å². The number of hydrogen-bond donors (Lipinski definition) is 3. The Morgan fingerprint density at radius 2 is 2.80 bits per heavy atom. The summed E-state index contributed by atoms with van der Waals surface area (Å²) in [5, 5.41) is 11.5. The van der Waals surface area contributed by atoms with Crippen LogP contribution in [0.15, 0.2) is 24.2 Å². The Morgan fingerprint density at radius 1 is 2.00 bits per heavy atom. The van der Waals surface area contributed by atoms with Crippen LogP contribution >= 0.6 is 0 Å². The molecule has 1 aromatic rings. The van der Waals surface area contributed by atoms with Crippen LogP contribution in [0.3, 0.4) is 0 Å². The van der Waals surface area contributed by atoms with Crippen molar-refractivity contribution in [3.8, 4) is 0 Å². The highest BCUT2D eigenvalue weighted by Crippen LogP contribution is 2.36. The molecular formula is C11H13N2O2-. The zero-order valence-corrected chi connectivity index (χ0v) is 7.87. The average Bonchev–Trinajstić information content (AvgIpc) is 2.61. The smallest absolute Gasteiger partial charge is 0.320 e. The Kier molecular flexibility index (Phi) is 1.59. The molecule has 0 bridgehead atoms. The predicted octanol–water partition coefficient (Wildman–Crippen LogP) is 1.16. The first-order valence-electron chi connectivity index (χ1n) is 6.47. The fourth-order valence-electron chi connectivity index (χ4n) is 1.50. The lowest BCUT2D eigenvalue weighted by Crippen LogP contribution is -2.31. The molecule has 1 aliphatic heterocycles. The summed E-state index contributed by atoms with van der Waals surface area (Å²) in [6.45, 7) is -0.00238. The SMILES string of the molecule is [2H][13c]1ccc2c([13c]1[2H])N[13C-]([2H])C2C[13C]([2H])(N)C(=O)O. The molecule has 0 spiro atoms. The van der Waals surface area contributed by atoms with Crippen molar-refractivity contribution in [3.63, 3.8) is 0 Å². The van der Waals surface area contributed by atoms with Gasteiger partial charge in [-0.15, -0.1) is 5.92 Å². The lowest BCUT2D eigenvalue weighted by atomic mass is 10.1. The molecule has 1 aromatic carbocycles. The molecule has 0 fully saturated rings. The first-order chi connectivity index (χ1) is 8.74. The molecule has 4 nitrogen and oxygen atoms in total. The van der Waals surface area contributed by atoms with E-state index in [-0.39, 0.29) is 25.0 Å². The third-order valence-electron chi connectivity index (χ3n) is 2.28. The maximum absolute atomic E-state index is 10.9. The molecule has 4 heteroatoms. The molecule has 1 aliphatic rings. The van der Waals surface area contributed by atoms with Crippen LogP contribution in [0.1, 0.15) is 23.4 Å². The summed E-state index contributed by atoms with van der Waals surface area (Å²) < 4.78 is 30.6. The fourth-order valence-corrected chi connectivity index (χ4v) is 1.50. The van der Waals surface area contributed by atoms with Gasteiger partial charge < -0.3 is 16.2 Å². The second kappa shape index (κ2) is 3.90. The summed E-state index contributed by atoms with van der Waals surface area (Å²) in [6, 6.07) is 0.752. The average molecular weight is 213 g/mol. The topological polar surface area (TPSA) is 75.3 Å². The van der Waals surface area contributed by atoms with E-state index in [2.05, 4.69) is 5.32 Å². The lowest BCUT2D eigenvalue weighted by Gasteiger charge is -2.20. The quantitative estimate of drug-likeness (QED) is 0.520. The highest BCUT2D eigenvalue weighted by molar-refractivity contribution is 5.73. The van der Waals surface area contributed by atoms with Gasteiger partial charge in [-0.1, -0.05) is 23.7 Å². The number of carbonyl (C=O) groups is 1. The number of carboxylic acid groups (broad SMARTS) is 1. The molecule has 0 saturated heterocycles. The summed E-state index contributed by atoms with van der Waals surface area (Å²) in [7, 11) is 0. The highest BCUT2D eigenvalue weighted by atomic mass is 16.4. The molecule has 1 heterocycles. The minimum Gasteiger partial charge on any atom is -0.534 e. The van der Waals surface area contributed by atoms with E-state index in [0.717, 1.165) is 0 Å². The Hall–Kier alpha value is -1.55. The van der Waals surface area contributed by atoms with Crippen LogP contribution in [0.25, 0.3) is 0 Å². The van der Waals surface area contributed by atoms with Crippen LogP contribution < -0.4 is 11.1 Å². The van der Waals surface area contributed by atoms with Crippen LogP contribution in [-0.2, 0) is 4.79 Å². The summed E-state index contributed by atoms with van der Waals surface area (Å²) in [5.41, 5.74) is 6.24. The standard InChI is InChI=1S/C11H13N2O2/c12-9(11(14)15)5-7-6-13-10-4-2-1-3-8(7)10/h1-4,6-7,9,13H,5,12H2,(H,14,15)/q-1/i2+1D,4+1D,6+1D,9+1D. The molecule has 0 amide bonds. The zero-order chi connectivity index (χ0) is 14.4. The minimum atomic E-state index is -2.19. The van der Waals surface area contributed by atoms with Crippen molar-refractivity contribution >= 4 is 11.7 Å². The second-order valence-corrected chi connectivity index (χ2v) is 3.29. The van der Waals surface area contributed by atoms with Crippen molar-refractivity contribution in [1.29, 1.82) is 0 Å². The molecule has 80 valence electrons. The lowest BCUT2D eigenvalue weighted by molar-refractivity contribution is -0.138. The van der Waals surface area contributed by atoms with Crippen molar-refractivity contribution in [2.24, 2.45) is 5.73 Å². The van der Waals surface area contributed by atoms with Gasteiger partial charge >= 0.3 is 5.97 Å². The number of benzene rings is 1. The predicted molar refractivity (Wildman–Crippen MR) is 57.3 cm³/mol. The number of nitrogens with one attached hydrogen (secondary N) is 1. The Labute approximate surface area is 93.7 Å². The van der Waals surface area contributed by atoms with E-state index in [4.69, 9.17) is 16.3 Å². The molecular weight excluding hydrogens is 196 g/mol. The van der Waals surface area contributed by atoms with Crippen LogP contribution in [0.5, 0.6) is 0 Å². The van der Waals surface area contributed by atoms with E-state index in [1.165, 1.54) is 6.07 Å². The van der Waals surface area contributed by atoms with Crippen LogP contribution in [0.4, 0.5) is 5.69 Å². The number of nitrogens with two attached hydrogens (primary N) is 1. The molecule has 2 unspecified atom stereocenters. The van der Waals surface area contributed by atoms with Gasteiger partial charge in [0, 0.05) is 5.69 Å². The molecule has 2 atom stereocenters. The summed E-state index contributed by atoms with van der Waals surface area (Å²) in [4.78, 5) is 10.9.